The van der Waals surface area contributed by atoms with Crippen LogP contribution in [0.1, 0.15) is 24.0 Å². The molecule has 0 bridgehead atoms. The molecule has 2 N–H and O–H groups in total. The first-order chi connectivity index (χ1) is 7.24. The fraction of sp³-hybridized carbons (Fsp3) is 0.538. The first kappa shape index (κ1) is 10.5. The Labute approximate surface area is 91.3 Å². The van der Waals surface area contributed by atoms with E-state index in [2.05, 4.69) is 11.4 Å². The maximum atomic E-state index is 9.51. The van der Waals surface area contributed by atoms with Gasteiger partial charge in [-0.15, -0.1) is 0 Å². The lowest BCUT2D eigenvalue weighted by Gasteiger charge is -2.22. The maximum Gasteiger partial charge on any atom is 0.116 e. The van der Waals surface area contributed by atoms with Gasteiger partial charge in [0.05, 0.1) is 0 Å². The van der Waals surface area contributed by atoms with Gasteiger partial charge in [-0.2, -0.15) is 0 Å². The summed E-state index contributed by atoms with van der Waals surface area (Å²) in [5, 5.41) is 12.9. The number of benzene rings is 1. The number of rotatable bonds is 2. The van der Waals surface area contributed by atoms with Gasteiger partial charge in [0.2, 0.25) is 0 Å². The molecule has 2 rings (SSSR count). The monoisotopic (exact) mass is 205 g/mol. The van der Waals surface area contributed by atoms with Crippen LogP contribution in [0.15, 0.2) is 18.2 Å². The average Bonchev–Trinajstić information content (AvgIpc) is 2.17. The number of hydrogen-bond donors (Lipinski definition) is 2. The van der Waals surface area contributed by atoms with Crippen LogP contribution in [0.3, 0.4) is 0 Å². The third kappa shape index (κ3) is 2.96. The van der Waals surface area contributed by atoms with E-state index in [9.17, 15) is 5.11 Å². The van der Waals surface area contributed by atoms with Crippen molar-refractivity contribution in [1.82, 2.24) is 5.32 Å². The summed E-state index contributed by atoms with van der Waals surface area (Å²) >= 11 is 0. The van der Waals surface area contributed by atoms with Crippen LogP contribution in [0.2, 0.25) is 0 Å². The molecule has 1 atom stereocenters. The molecule has 0 spiro atoms. The number of phenols is 1. The van der Waals surface area contributed by atoms with Crippen LogP contribution in [0, 0.1) is 12.8 Å². The highest BCUT2D eigenvalue weighted by atomic mass is 16.3. The van der Waals surface area contributed by atoms with Gasteiger partial charge in [0.1, 0.15) is 5.75 Å². The molecular weight excluding hydrogens is 186 g/mol. The zero-order chi connectivity index (χ0) is 10.7. The zero-order valence-corrected chi connectivity index (χ0v) is 9.29. The van der Waals surface area contributed by atoms with E-state index in [1.807, 2.05) is 19.1 Å². The SMILES string of the molecule is Cc1cc(O)cc(CC2CCCNC2)c1. The van der Waals surface area contributed by atoms with Gasteiger partial charge in [-0.25, -0.2) is 0 Å². The van der Waals surface area contributed by atoms with E-state index in [0.29, 0.717) is 5.75 Å². The maximum absolute atomic E-state index is 9.51. The Hall–Kier alpha value is -1.02. The lowest BCUT2D eigenvalue weighted by atomic mass is 9.92. The van der Waals surface area contributed by atoms with Crippen molar-refractivity contribution in [1.29, 1.82) is 0 Å². The normalized spacial score (nSPS) is 21.5. The smallest absolute Gasteiger partial charge is 0.116 e. The molecule has 1 saturated heterocycles. The van der Waals surface area contributed by atoms with E-state index >= 15 is 0 Å². The summed E-state index contributed by atoms with van der Waals surface area (Å²) < 4.78 is 0. The quantitative estimate of drug-likeness (QED) is 0.776. The minimum atomic E-state index is 0.397. The molecule has 1 fully saturated rings. The van der Waals surface area contributed by atoms with Crippen LogP contribution in [-0.4, -0.2) is 18.2 Å². The molecule has 2 heteroatoms. The molecule has 0 radical (unpaired) electrons. The fourth-order valence-corrected chi connectivity index (χ4v) is 2.39. The molecule has 1 aromatic rings. The number of piperidine rings is 1. The zero-order valence-electron chi connectivity index (χ0n) is 9.29. The van der Waals surface area contributed by atoms with E-state index in [0.717, 1.165) is 31.0 Å². The predicted octanol–water partition coefficient (Wildman–Crippen LogP) is 2.24. The standard InChI is InChI=1S/C13H19NO/c1-10-5-12(8-13(15)6-10)7-11-3-2-4-14-9-11/h5-6,8,11,14-15H,2-4,7,9H2,1H3. The first-order valence-electron chi connectivity index (χ1n) is 5.74. The molecule has 1 aliphatic rings. The van der Waals surface area contributed by atoms with Crippen molar-refractivity contribution < 1.29 is 5.11 Å². The van der Waals surface area contributed by atoms with Crippen LogP contribution in [-0.2, 0) is 6.42 Å². The van der Waals surface area contributed by atoms with Gasteiger partial charge >= 0.3 is 0 Å². The minimum absolute atomic E-state index is 0.397. The largest absolute Gasteiger partial charge is 0.508 e. The molecular formula is C13H19NO. The third-order valence-electron chi connectivity index (χ3n) is 3.05. The Bertz CT molecular complexity index is 309. The Morgan fingerprint density at radius 1 is 1.40 bits per heavy atom. The Kier molecular flexibility index (Phi) is 3.27. The Morgan fingerprint density at radius 2 is 2.27 bits per heavy atom. The predicted molar refractivity (Wildman–Crippen MR) is 62.1 cm³/mol. The Morgan fingerprint density at radius 3 is 2.93 bits per heavy atom. The summed E-state index contributed by atoms with van der Waals surface area (Å²) in [5.74, 6) is 1.13. The summed E-state index contributed by atoms with van der Waals surface area (Å²) in [7, 11) is 0. The topological polar surface area (TPSA) is 32.3 Å². The number of phenolic OH excluding ortho intramolecular Hbond substituents is 1. The number of nitrogens with one attached hydrogen (secondary N) is 1. The second-order valence-electron chi connectivity index (χ2n) is 4.59. The molecule has 15 heavy (non-hydrogen) atoms. The second-order valence-corrected chi connectivity index (χ2v) is 4.59. The highest BCUT2D eigenvalue weighted by molar-refractivity contribution is 5.33. The molecule has 0 saturated carbocycles. The molecule has 1 aromatic carbocycles. The molecule has 1 heterocycles. The summed E-state index contributed by atoms with van der Waals surface area (Å²) in [6, 6.07) is 5.87. The number of aryl methyl sites for hydroxylation is 1. The van der Waals surface area contributed by atoms with Gasteiger partial charge in [0.25, 0.3) is 0 Å². The van der Waals surface area contributed by atoms with Crippen molar-refractivity contribution in [2.24, 2.45) is 5.92 Å². The van der Waals surface area contributed by atoms with Gasteiger partial charge in [0, 0.05) is 0 Å². The summed E-state index contributed by atoms with van der Waals surface area (Å²) in [4.78, 5) is 0. The van der Waals surface area contributed by atoms with Crippen LogP contribution >= 0.6 is 0 Å². The summed E-state index contributed by atoms with van der Waals surface area (Å²) in [6.45, 7) is 4.31. The highest BCUT2D eigenvalue weighted by Crippen LogP contribution is 2.21. The average molecular weight is 205 g/mol. The van der Waals surface area contributed by atoms with Crippen LogP contribution in [0.5, 0.6) is 5.75 Å². The van der Waals surface area contributed by atoms with E-state index in [1.165, 1.54) is 18.4 Å². The minimum Gasteiger partial charge on any atom is -0.508 e. The van der Waals surface area contributed by atoms with Crippen molar-refractivity contribution in [3.05, 3.63) is 29.3 Å². The van der Waals surface area contributed by atoms with Crippen molar-refractivity contribution in [3.8, 4) is 5.75 Å². The van der Waals surface area contributed by atoms with Crippen molar-refractivity contribution >= 4 is 0 Å². The van der Waals surface area contributed by atoms with Crippen LogP contribution < -0.4 is 5.32 Å². The molecule has 1 unspecified atom stereocenters. The first-order valence-corrected chi connectivity index (χ1v) is 5.74. The van der Waals surface area contributed by atoms with Gasteiger partial charge in [-0.1, -0.05) is 6.07 Å². The number of hydrogen-bond acceptors (Lipinski definition) is 2. The van der Waals surface area contributed by atoms with E-state index in [-0.39, 0.29) is 0 Å². The van der Waals surface area contributed by atoms with Crippen LogP contribution in [0.4, 0.5) is 0 Å². The fourth-order valence-electron chi connectivity index (χ4n) is 2.39. The summed E-state index contributed by atoms with van der Waals surface area (Å²) in [6.07, 6.45) is 3.67. The molecule has 0 aliphatic carbocycles. The van der Waals surface area contributed by atoms with E-state index in [4.69, 9.17) is 0 Å². The summed E-state index contributed by atoms with van der Waals surface area (Å²) in [5.41, 5.74) is 2.41. The van der Waals surface area contributed by atoms with E-state index < -0.39 is 0 Å². The van der Waals surface area contributed by atoms with Gasteiger partial charge in [-0.05, 0) is 68.5 Å². The van der Waals surface area contributed by atoms with Crippen molar-refractivity contribution in [3.63, 3.8) is 0 Å². The lowest BCUT2D eigenvalue weighted by Crippen LogP contribution is -2.30. The molecule has 1 aliphatic heterocycles. The lowest BCUT2D eigenvalue weighted by molar-refractivity contribution is 0.375. The van der Waals surface area contributed by atoms with Crippen LogP contribution in [0.25, 0.3) is 0 Å². The van der Waals surface area contributed by atoms with Gasteiger partial charge in [0.15, 0.2) is 0 Å². The number of aromatic hydroxyl groups is 1. The highest BCUT2D eigenvalue weighted by Gasteiger charge is 2.13. The molecule has 2 nitrogen and oxygen atoms in total. The van der Waals surface area contributed by atoms with Gasteiger partial charge < -0.3 is 10.4 Å². The van der Waals surface area contributed by atoms with Crippen molar-refractivity contribution in [2.45, 2.75) is 26.2 Å². The Balaban J connectivity index is 2.02. The molecule has 0 amide bonds. The van der Waals surface area contributed by atoms with E-state index in [1.54, 1.807) is 0 Å². The molecule has 0 aromatic heterocycles. The molecule has 82 valence electrons. The third-order valence-corrected chi connectivity index (χ3v) is 3.05. The van der Waals surface area contributed by atoms with Crippen molar-refractivity contribution in [2.75, 3.05) is 13.1 Å². The van der Waals surface area contributed by atoms with Gasteiger partial charge in [-0.3, -0.25) is 0 Å². The second kappa shape index (κ2) is 4.67.